The Hall–Kier alpha value is -1.85. The molecule has 1 N–H and O–H groups in total. The zero-order chi connectivity index (χ0) is 14.9. The SMILES string of the molecule is CCCC1(C(=O)O)CCN(C(=O)c2oc(C)nc2C)C1. The zero-order valence-corrected chi connectivity index (χ0v) is 12.1. The van der Waals surface area contributed by atoms with Crippen LogP contribution in [0, 0.1) is 19.3 Å². The molecule has 1 aliphatic heterocycles. The van der Waals surface area contributed by atoms with Crippen LogP contribution in [0.4, 0.5) is 0 Å². The Morgan fingerprint density at radius 2 is 2.15 bits per heavy atom. The summed E-state index contributed by atoms with van der Waals surface area (Å²) in [5, 5.41) is 9.45. The van der Waals surface area contributed by atoms with Gasteiger partial charge in [0.1, 0.15) is 0 Å². The molecule has 6 nitrogen and oxygen atoms in total. The summed E-state index contributed by atoms with van der Waals surface area (Å²) in [4.78, 5) is 29.6. The third-order valence-corrected chi connectivity index (χ3v) is 3.92. The van der Waals surface area contributed by atoms with E-state index in [1.54, 1.807) is 18.7 Å². The molecule has 2 rings (SSSR count). The lowest BCUT2D eigenvalue weighted by molar-refractivity contribution is -0.148. The second-order valence-corrected chi connectivity index (χ2v) is 5.46. The second-order valence-electron chi connectivity index (χ2n) is 5.46. The number of oxazole rings is 1. The highest BCUT2D eigenvalue weighted by Gasteiger charge is 2.46. The van der Waals surface area contributed by atoms with Gasteiger partial charge in [0.15, 0.2) is 5.89 Å². The number of rotatable bonds is 4. The number of hydrogen-bond donors (Lipinski definition) is 1. The summed E-state index contributed by atoms with van der Waals surface area (Å²) < 4.78 is 5.33. The van der Waals surface area contributed by atoms with E-state index in [1.165, 1.54) is 0 Å². The van der Waals surface area contributed by atoms with Crippen LogP contribution in [-0.2, 0) is 4.79 Å². The van der Waals surface area contributed by atoms with Gasteiger partial charge in [-0.3, -0.25) is 9.59 Å². The van der Waals surface area contributed by atoms with E-state index in [9.17, 15) is 14.7 Å². The van der Waals surface area contributed by atoms with Gasteiger partial charge >= 0.3 is 5.97 Å². The monoisotopic (exact) mass is 280 g/mol. The van der Waals surface area contributed by atoms with Gasteiger partial charge in [0, 0.05) is 20.0 Å². The van der Waals surface area contributed by atoms with Crippen LogP contribution in [0.25, 0.3) is 0 Å². The molecule has 0 bridgehead atoms. The largest absolute Gasteiger partial charge is 0.481 e. The van der Waals surface area contributed by atoms with Crippen molar-refractivity contribution < 1.29 is 19.1 Å². The molecule has 6 heteroatoms. The van der Waals surface area contributed by atoms with E-state index in [0.29, 0.717) is 31.0 Å². The second kappa shape index (κ2) is 5.26. The fourth-order valence-electron chi connectivity index (χ4n) is 2.88. The van der Waals surface area contributed by atoms with Crippen LogP contribution in [0.2, 0.25) is 0 Å². The molecule has 2 heterocycles. The van der Waals surface area contributed by atoms with Crippen LogP contribution in [0.1, 0.15) is 48.3 Å². The van der Waals surface area contributed by atoms with Gasteiger partial charge in [-0.2, -0.15) is 0 Å². The Kier molecular flexibility index (Phi) is 3.83. The molecule has 110 valence electrons. The van der Waals surface area contributed by atoms with Crippen molar-refractivity contribution in [3.05, 3.63) is 17.3 Å². The molecule has 0 aliphatic carbocycles. The minimum absolute atomic E-state index is 0.222. The van der Waals surface area contributed by atoms with E-state index < -0.39 is 11.4 Å². The number of nitrogens with zero attached hydrogens (tertiary/aromatic N) is 2. The Morgan fingerprint density at radius 1 is 1.45 bits per heavy atom. The first kappa shape index (κ1) is 14.6. The smallest absolute Gasteiger partial charge is 0.311 e. The average molecular weight is 280 g/mol. The fraction of sp³-hybridized carbons (Fsp3) is 0.643. The Labute approximate surface area is 117 Å². The van der Waals surface area contributed by atoms with Crippen molar-refractivity contribution in [2.45, 2.75) is 40.0 Å². The van der Waals surface area contributed by atoms with Crippen molar-refractivity contribution in [3.8, 4) is 0 Å². The first-order valence-corrected chi connectivity index (χ1v) is 6.86. The topological polar surface area (TPSA) is 83.6 Å². The Morgan fingerprint density at radius 3 is 2.65 bits per heavy atom. The van der Waals surface area contributed by atoms with Gasteiger partial charge in [0.25, 0.3) is 5.91 Å². The molecule has 1 aliphatic rings. The van der Waals surface area contributed by atoms with Gasteiger partial charge in [-0.25, -0.2) is 4.98 Å². The molecule has 1 aromatic rings. The van der Waals surface area contributed by atoms with E-state index in [4.69, 9.17) is 4.42 Å². The minimum Gasteiger partial charge on any atom is -0.481 e. The van der Waals surface area contributed by atoms with Crippen LogP contribution in [0.5, 0.6) is 0 Å². The van der Waals surface area contributed by atoms with E-state index >= 15 is 0 Å². The maximum Gasteiger partial charge on any atom is 0.311 e. The summed E-state index contributed by atoms with van der Waals surface area (Å²) in [6.07, 6.45) is 1.86. The molecule has 1 fully saturated rings. The number of carboxylic acids is 1. The van der Waals surface area contributed by atoms with Crippen molar-refractivity contribution >= 4 is 11.9 Å². The molecule has 1 atom stereocenters. The van der Waals surface area contributed by atoms with Gasteiger partial charge in [0.05, 0.1) is 11.1 Å². The fourth-order valence-corrected chi connectivity index (χ4v) is 2.88. The van der Waals surface area contributed by atoms with Crippen LogP contribution >= 0.6 is 0 Å². The molecule has 0 radical (unpaired) electrons. The van der Waals surface area contributed by atoms with E-state index in [-0.39, 0.29) is 18.2 Å². The number of carbonyl (C=O) groups excluding carboxylic acids is 1. The van der Waals surface area contributed by atoms with Crippen molar-refractivity contribution in [3.63, 3.8) is 0 Å². The molecule has 0 spiro atoms. The van der Waals surface area contributed by atoms with Crippen LogP contribution < -0.4 is 0 Å². The number of amides is 1. The molecule has 1 saturated heterocycles. The number of likely N-dealkylation sites (tertiary alicyclic amines) is 1. The number of aryl methyl sites for hydroxylation is 2. The standard InChI is InChI=1S/C14H20N2O4/c1-4-5-14(13(18)19)6-7-16(8-14)12(17)11-9(2)15-10(3)20-11/h4-8H2,1-3H3,(H,18,19). The number of hydrogen-bond acceptors (Lipinski definition) is 4. The van der Waals surface area contributed by atoms with Gasteiger partial charge in [-0.1, -0.05) is 13.3 Å². The normalized spacial score (nSPS) is 22.2. The molecular formula is C14H20N2O4. The van der Waals surface area contributed by atoms with Crippen molar-refractivity contribution in [1.82, 2.24) is 9.88 Å². The van der Waals surface area contributed by atoms with Gasteiger partial charge in [0.2, 0.25) is 5.76 Å². The molecule has 20 heavy (non-hydrogen) atoms. The molecule has 0 saturated carbocycles. The van der Waals surface area contributed by atoms with Crippen LogP contribution in [0.3, 0.4) is 0 Å². The lowest BCUT2D eigenvalue weighted by Crippen LogP contribution is -2.37. The summed E-state index contributed by atoms with van der Waals surface area (Å²) in [5.74, 6) is -0.411. The molecular weight excluding hydrogens is 260 g/mol. The highest BCUT2D eigenvalue weighted by molar-refractivity contribution is 5.93. The number of aliphatic carboxylic acids is 1. The third kappa shape index (κ3) is 2.42. The Balaban J connectivity index is 2.18. The van der Waals surface area contributed by atoms with Crippen molar-refractivity contribution in [1.29, 1.82) is 0 Å². The highest BCUT2D eigenvalue weighted by atomic mass is 16.4. The van der Waals surface area contributed by atoms with Crippen molar-refractivity contribution in [2.24, 2.45) is 5.41 Å². The minimum atomic E-state index is -0.819. The summed E-state index contributed by atoms with van der Waals surface area (Å²) in [5.41, 5.74) is -0.260. The van der Waals surface area contributed by atoms with E-state index in [2.05, 4.69) is 4.98 Å². The quantitative estimate of drug-likeness (QED) is 0.912. The highest BCUT2D eigenvalue weighted by Crippen LogP contribution is 2.36. The molecule has 1 amide bonds. The number of aromatic nitrogens is 1. The molecule has 0 aromatic carbocycles. The van der Waals surface area contributed by atoms with Gasteiger partial charge in [-0.15, -0.1) is 0 Å². The zero-order valence-electron chi connectivity index (χ0n) is 12.1. The number of carboxylic acid groups (broad SMARTS) is 1. The van der Waals surface area contributed by atoms with Gasteiger partial charge < -0.3 is 14.4 Å². The summed E-state index contributed by atoms with van der Waals surface area (Å²) in [6.45, 7) is 6.06. The summed E-state index contributed by atoms with van der Waals surface area (Å²) in [7, 11) is 0. The Bertz CT molecular complexity index is 537. The lowest BCUT2D eigenvalue weighted by Gasteiger charge is -2.23. The van der Waals surface area contributed by atoms with E-state index in [1.807, 2.05) is 6.92 Å². The van der Waals surface area contributed by atoms with Gasteiger partial charge in [-0.05, 0) is 19.8 Å². The van der Waals surface area contributed by atoms with E-state index in [0.717, 1.165) is 6.42 Å². The molecule has 1 aromatic heterocycles. The number of carbonyl (C=O) groups is 2. The first-order valence-electron chi connectivity index (χ1n) is 6.86. The maximum atomic E-state index is 12.4. The average Bonchev–Trinajstić information content (AvgIpc) is 2.94. The van der Waals surface area contributed by atoms with Crippen molar-refractivity contribution in [2.75, 3.05) is 13.1 Å². The first-order chi connectivity index (χ1) is 9.39. The molecule has 1 unspecified atom stereocenters. The predicted octanol–water partition coefficient (Wildman–Crippen LogP) is 2.01. The van der Waals surface area contributed by atoms with Crippen LogP contribution in [0.15, 0.2) is 4.42 Å². The lowest BCUT2D eigenvalue weighted by atomic mass is 9.83. The third-order valence-electron chi connectivity index (χ3n) is 3.92. The predicted molar refractivity (Wildman–Crippen MR) is 71.5 cm³/mol. The summed E-state index contributed by atoms with van der Waals surface area (Å²) >= 11 is 0. The van der Waals surface area contributed by atoms with Crippen LogP contribution in [-0.4, -0.2) is 40.0 Å². The maximum absolute atomic E-state index is 12.4. The summed E-state index contributed by atoms with van der Waals surface area (Å²) in [6, 6.07) is 0.